The number of aromatic nitrogens is 2. The van der Waals surface area contributed by atoms with Crippen molar-refractivity contribution in [3.63, 3.8) is 0 Å². The molecule has 0 aliphatic carbocycles. The molecule has 1 aromatic heterocycles. The zero-order valence-electron chi connectivity index (χ0n) is 10.3. The summed E-state index contributed by atoms with van der Waals surface area (Å²) in [6.45, 7) is 8.99. The van der Waals surface area contributed by atoms with Gasteiger partial charge in [-0.3, -0.25) is 4.79 Å². The molecule has 1 aromatic rings. The van der Waals surface area contributed by atoms with Gasteiger partial charge in [-0.2, -0.15) is 0 Å². The number of carbonyl (C=O) groups is 1. The molecule has 1 heterocycles. The second-order valence-corrected chi connectivity index (χ2v) is 4.83. The van der Waals surface area contributed by atoms with Crippen molar-refractivity contribution in [2.45, 2.75) is 39.3 Å². The Bertz CT molecular complexity index is 368. The highest BCUT2D eigenvalue weighted by Crippen LogP contribution is 2.16. The summed E-state index contributed by atoms with van der Waals surface area (Å²) in [4.78, 5) is 15.2. The normalized spacial score (nSPS) is 12.1. The first-order valence-electron chi connectivity index (χ1n) is 5.41. The van der Waals surface area contributed by atoms with Gasteiger partial charge in [0.2, 0.25) is 0 Å². The van der Waals surface area contributed by atoms with Crippen molar-refractivity contribution in [3.05, 3.63) is 18.2 Å². The summed E-state index contributed by atoms with van der Waals surface area (Å²) in [6.07, 6.45) is 3.37. The van der Waals surface area contributed by atoms with Crippen molar-refractivity contribution in [1.82, 2.24) is 14.9 Å². The molecule has 0 aliphatic heterocycles. The van der Waals surface area contributed by atoms with Gasteiger partial charge in [-0.25, -0.2) is 4.98 Å². The van der Waals surface area contributed by atoms with E-state index in [-0.39, 0.29) is 5.54 Å². The van der Waals surface area contributed by atoms with E-state index in [0.29, 0.717) is 11.9 Å². The third-order valence-electron chi connectivity index (χ3n) is 2.46. The SMILES string of the molecule is CC(C)NCC(C)(C)n1ccnc1C(N)=O. The molecule has 5 heteroatoms. The van der Waals surface area contributed by atoms with Crippen LogP contribution >= 0.6 is 0 Å². The fourth-order valence-corrected chi connectivity index (χ4v) is 1.51. The number of amides is 1. The Balaban J connectivity index is 2.88. The van der Waals surface area contributed by atoms with E-state index in [2.05, 4.69) is 24.1 Å². The maximum absolute atomic E-state index is 11.2. The molecule has 0 saturated heterocycles. The molecule has 0 aromatic carbocycles. The van der Waals surface area contributed by atoms with Crippen molar-refractivity contribution in [2.75, 3.05) is 6.54 Å². The zero-order chi connectivity index (χ0) is 12.3. The first kappa shape index (κ1) is 12.7. The standard InChI is InChI=1S/C11H20N4O/c1-8(2)14-7-11(3,4)15-6-5-13-10(15)9(12)16/h5-6,8,14H,7H2,1-4H3,(H2,12,16). The lowest BCUT2D eigenvalue weighted by Crippen LogP contribution is -2.42. The van der Waals surface area contributed by atoms with Crippen LogP contribution < -0.4 is 11.1 Å². The van der Waals surface area contributed by atoms with E-state index >= 15 is 0 Å². The molecular weight excluding hydrogens is 204 g/mol. The minimum absolute atomic E-state index is 0.231. The lowest BCUT2D eigenvalue weighted by Gasteiger charge is -2.29. The van der Waals surface area contributed by atoms with Gasteiger partial charge in [0, 0.05) is 25.0 Å². The van der Waals surface area contributed by atoms with Crippen LogP contribution in [0.15, 0.2) is 12.4 Å². The number of hydrogen-bond donors (Lipinski definition) is 2. The second-order valence-electron chi connectivity index (χ2n) is 4.83. The number of imidazole rings is 1. The van der Waals surface area contributed by atoms with E-state index in [0.717, 1.165) is 6.54 Å². The fourth-order valence-electron chi connectivity index (χ4n) is 1.51. The third kappa shape index (κ3) is 2.82. The summed E-state index contributed by atoms with van der Waals surface area (Å²) >= 11 is 0. The van der Waals surface area contributed by atoms with Gasteiger partial charge in [-0.05, 0) is 13.8 Å². The number of nitrogens with two attached hydrogens (primary N) is 1. The summed E-state index contributed by atoms with van der Waals surface area (Å²) in [5.41, 5.74) is 5.04. The van der Waals surface area contributed by atoms with Crippen LogP contribution in [-0.2, 0) is 5.54 Å². The minimum atomic E-state index is -0.498. The van der Waals surface area contributed by atoms with Gasteiger partial charge in [-0.15, -0.1) is 0 Å². The van der Waals surface area contributed by atoms with E-state index in [1.807, 2.05) is 18.4 Å². The van der Waals surface area contributed by atoms with Crippen molar-refractivity contribution >= 4 is 5.91 Å². The van der Waals surface area contributed by atoms with Crippen LogP contribution in [-0.4, -0.2) is 28.0 Å². The minimum Gasteiger partial charge on any atom is -0.363 e. The van der Waals surface area contributed by atoms with Gasteiger partial charge < -0.3 is 15.6 Å². The predicted molar refractivity (Wildman–Crippen MR) is 63.2 cm³/mol. The molecule has 16 heavy (non-hydrogen) atoms. The lowest BCUT2D eigenvalue weighted by atomic mass is 10.0. The van der Waals surface area contributed by atoms with Crippen LogP contribution in [0, 0.1) is 0 Å². The highest BCUT2D eigenvalue weighted by molar-refractivity contribution is 5.89. The highest BCUT2D eigenvalue weighted by Gasteiger charge is 2.24. The molecule has 0 atom stereocenters. The van der Waals surface area contributed by atoms with E-state index in [9.17, 15) is 4.79 Å². The molecule has 0 spiro atoms. The Morgan fingerprint density at radius 3 is 2.75 bits per heavy atom. The maximum Gasteiger partial charge on any atom is 0.284 e. The number of carbonyl (C=O) groups excluding carboxylic acids is 1. The molecule has 5 nitrogen and oxygen atoms in total. The summed E-state index contributed by atoms with van der Waals surface area (Å²) < 4.78 is 1.81. The first-order chi connectivity index (χ1) is 7.34. The smallest absolute Gasteiger partial charge is 0.284 e. The van der Waals surface area contributed by atoms with Gasteiger partial charge in [0.15, 0.2) is 5.82 Å². The quantitative estimate of drug-likeness (QED) is 0.774. The van der Waals surface area contributed by atoms with Gasteiger partial charge in [-0.1, -0.05) is 13.8 Å². The predicted octanol–water partition coefficient (Wildman–Crippen LogP) is 0.715. The summed E-state index contributed by atoms with van der Waals surface area (Å²) in [5.74, 6) is -0.196. The van der Waals surface area contributed by atoms with Crippen LogP contribution in [0.25, 0.3) is 0 Å². The Hall–Kier alpha value is -1.36. The van der Waals surface area contributed by atoms with E-state index in [1.54, 1.807) is 12.4 Å². The Morgan fingerprint density at radius 1 is 1.62 bits per heavy atom. The lowest BCUT2D eigenvalue weighted by molar-refractivity contribution is 0.0978. The van der Waals surface area contributed by atoms with Crippen LogP contribution in [0.2, 0.25) is 0 Å². The van der Waals surface area contributed by atoms with Gasteiger partial charge >= 0.3 is 0 Å². The van der Waals surface area contributed by atoms with Gasteiger partial charge in [0.1, 0.15) is 0 Å². The van der Waals surface area contributed by atoms with Crippen LogP contribution in [0.3, 0.4) is 0 Å². The van der Waals surface area contributed by atoms with E-state index in [1.165, 1.54) is 0 Å². The van der Waals surface area contributed by atoms with Crippen LogP contribution in [0.4, 0.5) is 0 Å². The number of rotatable bonds is 5. The maximum atomic E-state index is 11.2. The largest absolute Gasteiger partial charge is 0.363 e. The zero-order valence-corrected chi connectivity index (χ0v) is 10.3. The summed E-state index contributed by atoms with van der Waals surface area (Å²) in [7, 11) is 0. The molecule has 3 N–H and O–H groups in total. The second kappa shape index (κ2) is 4.65. The van der Waals surface area contributed by atoms with Crippen molar-refractivity contribution < 1.29 is 4.79 Å². The van der Waals surface area contributed by atoms with Crippen molar-refractivity contribution in [3.8, 4) is 0 Å². The molecule has 1 rings (SSSR count). The topological polar surface area (TPSA) is 72.9 Å². The fraction of sp³-hybridized carbons (Fsp3) is 0.636. The third-order valence-corrected chi connectivity index (χ3v) is 2.46. The highest BCUT2D eigenvalue weighted by atomic mass is 16.1. The molecular formula is C11H20N4O. The van der Waals surface area contributed by atoms with Crippen molar-refractivity contribution in [2.24, 2.45) is 5.73 Å². The molecule has 0 saturated carbocycles. The first-order valence-corrected chi connectivity index (χ1v) is 5.41. The molecule has 1 amide bonds. The molecule has 0 bridgehead atoms. The van der Waals surface area contributed by atoms with E-state index < -0.39 is 5.91 Å². The number of primary amides is 1. The number of nitrogens with zero attached hydrogens (tertiary/aromatic N) is 2. The van der Waals surface area contributed by atoms with Gasteiger partial charge in [0.25, 0.3) is 5.91 Å². The molecule has 0 unspecified atom stereocenters. The average Bonchev–Trinajstić information content (AvgIpc) is 2.63. The molecule has 90 valence electrons. The van der Waals surface area contributed by atoms with Crippen LogP contribution in [0.1, 0.15) is 38.3 Å². The monoisotopic (exact) mass is 224 g/mol. The average molecular weight is 224 g/mol. The van der Waals surface area contributed by atoms with Crippen molar-refractivity contribution in [1.29, 1.82) is 0 Å². The molecule has 0 radical (unpaired) electrons. The number of hydrogen-bond acceptors (Lipinski definition) is 3. The molecule has 0 aliphatic rings. The Morgan fingerprint density at radius 2 is 2.25 bits per heavy atom. The summed E-state index contributed by atoms with van der Waals surface area (Å²) in [6, 6.07) is 0.403. The van der Waals surface area contributed by atoms with E-state index in [4.69, 9.17) is 5.73 Å². The van der Waals surface area contributed by atoms with Gasteiger partial charge in [0.05, 0.1) is 5.54 Å². The summed E-state index contributed by atoms with van der Waals surface area (Å²) in [5, 5.41) is 3.34. The Labute approximate surface area is 96.0 Å². The molecule has 0 fully saturated rings. The number of nitrogens with one attached hydrogen (secondary N) is 1. The van der Waals surface area contributed by atoms with Crippen LogP contribution in [0.5, 0.6) is 0 Å². The Kier molecular flexibility index (Phi) is 3.70.